The summed E-state index contributed by atoms with van der Waals surface area (Å²) in [7, 11) is 4.01. The van der Waals surface area contributed by atoms with E-state index >= 15 is 0 Å². The Kier molecular flexibility index (Phi) is 9.51. The Morgan fingerprint density at radius 1 is 0.974 bits per heavy atom. The summed E-state index contributed by atoms with van der Waals surface area (Å²) in [6.07, 6.45) is 0.715. The summed E-state index contributed by atoms with van der Waals surface area (Å²) >= 11 is 0. The molecule has 4 rings (SSSR count). The first-order chi connectivity index (χ1) is 18.4. The van der Waals surface area contributed by atoms with Crippen molar-refractivity contribution in [1.29, 1.82) is 0 Å². The van der Waals surface area contributed by atoms with E-state index in [4.69, 9.17) is 0 Å². The number of amides is 2. The fourth-order valence-corrected chi connectivity index (χ4v) is 4.87. The molecule has 4 N–H and O–H groups in total. The molecule has 0 saturated carbocycles. The van der Waals surface area contributed by atoms with E-state index in [1.165, 1.54) is 0 Å². The van der Waals surface area contributed by atoms with Gasteiger partial charge in [-0.3, -0.25) is 9.59 Å². The second kappa shape index (κ2) is 13.2. The molecule has 0 bridgehead atoms. The van der Waals surface area contributed by atoms with Crippen LogP contribution < -0.4 is 20.9 Å². The number of nitrogens with zero attached hydrogens (tertiary/aromatic N) is 1. The predicted molar refractivity (Wildman–Crippen MR) is 151 cm³/mol. The van der Waals surface area contributed by atoms with E-state index in [0.717, 1.165) is 22.4 Å². The molecule has 1 unspecified atom stereocenters. The van der Waals surface area contributed by atoms with Crippen molar-refractivity contribution in [2.45, 2.75) is 44.0 Å². The number of carbonyl (C=O) groups is 2. The van der Waals surface area contributed by atoms with Crippen LogP contribution in [-0.2, 0) is 29.0 Å². The fraction of sp³-hybridized carbons (Fsp3) is 0.355. The first-order valence-electron chi connectivity index (χ1n) is 13.2. The zero-order valence-corrected chi connectivity index (χ0v) is 22.1. The molecule has 38 heavy (non-hydrogen) atoms. The smallest absolute Gasteiger partial charge is 0.242 e. The van der Waals surface area contributed by atoms with Crippen molar-refractivity contribution in [3.05, 3.63) is 102 Å². The minimum Gasteiger partial charge on any atom is -0.390 e. The second-order valence-corrected chi connectivity index (χ2v) is 10.3. The summed E-state index contributed by atoms with van der Waals surface area (Å²) < 4.78 is 0. The third kappa shape index (κ3) is 7.66. The van der Waals surface area contributed by atoms with Crippen molar-refractivity contribution in [3.63, 3.8) is 0 Å². The normalized spacial score (nSPS) is 18.4. The van der Waals surface area contributed by atoms with Crippen LogP contribution in [0.25, 0.3) is 0 Å². The van der Waals surface area contributed by atoms with Crippen molar-refractivity contribution >= 4 is 17.5 Å². The number of hydrogen-bond donors (Lipinski definition) is 4. The second-order valence-electron chi connectivity index (χ2n) is 10.3. The van der Waals surface area contributed by atoms with Crippen LogP contribution >= 0.6 is 0 Å². The molecule has 0 aromatic heterocycles. The van der Waals surface area contributed by atoms with Crippen LogP contribution in [0.3, 0.4) is 0 Å². The van der Waals surface area contributed by atoms with Crippen molar-refractivity contribution < 1.29 is 14.7 Å². The van der Waals surface area contributed by atoms with E-state index in [1.54, 1.807) is 0 Å². The van der Waals surface area contributed by atoms with Crippen LogP contribution in [0.4, 0.5) is 5.69 Å². The Labute approximate surface area is 225 Å². The van der Waals surface area contributed by atoms with Gasteiger partial charge in [0.1, 0.15) is 6.04 Å². The maximum Gasteiger partial charge on any atom is 0.242 e. The van der Waals surface area contributed by atoms with E-state index in [0.29, 0.717) is 32.4 Å². The Balaban J connectivity index is 1.36. The lowest BCUT2D eigenvalue weighted by molar-refractivity contribution is -0.127. The van der Waals surface area contributed by atoms with E-state index < -0.39 is 18.2 Å². The third-order valence-corrected chi connectivity index (χ3v) is 7.05. The van der Waals surface area contributed by atoms with Crippen LogP contribution in [0.2, 0.25) is 0 Å². The van der Waals surface area contributed by atoms with Gasteiger partial charge >= 0.3 is 0 Å². The van der Waals surface area contributed by atoms with Crippen LogP contribution in [0.15, 0.2) is 84.9 Å². The molecule has 1 aliphatic rings. The number of aliphatic hydroxyl groups is 1. The van der Waals surface area contributed by atoms with Gasteiger partial charge in [-0.1, -0.05) is 72.8 Å². The van der Waals surface area contributed by atoms with Gasteiger partial charge in [-0.05, 0) is 48.1 Å². The van der Waals surface area contributed by atoms with Gasteiger partial charge in [0.2, 0.25) is 11.8 Å². The molecule has 3 aromatic carbocycles. The molecule has 1 heterocycles. The van der Waals surface area contributed by atoms with Crippen LogP contribution in [0, 0.1) is 5.92 Å². The van der Waals surface area contributed by atoms with E-state index in [9.17, 15) is 14.7 Å². The Hall–Kier alpha value is -3.68. The maximum atomic E-state index is 13.2. The molecule has 4 atom stereocenters. The summed E-state index contributed by atoms with van der Waals surface area (Å²) in [5.41, 5.74) is 4.33. The lowest BCUT2D eigenvalue weighted by atomic mass is 9.95. The summed E-state index contributed by atoms with van der Waals surface area (Å²) in [6.45, 7) is 0.919. The summed E-state index contributed by atoms with van der Waals surface area (Å²) in [5, 5.41) is 20.3. The minimum absolute atomic E-state index is 0.101. The zero-order valence-electron chi connectivity index (χ0n) is 22.1. The molecule has 7 heteroatoms. The van der Waals surface area contributed by atoms with Gasteiger partial charge in [0.15, 0.2) is 0 Å². The molecule has 7 nitrogen and oxygen atoms in total. The molecule has 0 radical (unpaired) electrons. The lowest BCUT2D eigenvalue weighted by Crippen LogP contribution is -2.53. The van der Waals surface area contributed by atoms with E-state index in [2.05, 4.69) is 33.0 Å². The van der Waals surface area contributed by atoms with Crippen molar-refractivity contribution in [1.82, 2.24) is 16.0 Å². The first kappa shape index (κ1) is 27.4. The number of aliphatic hydroxyl groups excluding tert-OH is 1. The predicted octanol–water partition coefficient (Wildman–Crippen LogP) is 2.68. The van der Waals surface area contributed by atoms with Gasteiger partial charge in [-0.2, -0.15) is 0 Å². The molecule has 0 aliphatic carbocycles. The number of rotatable bonds is 12. The van der Waals surface area contributed by atoms with Gasteiger partial charge in [0.05, 0.1) is 12.1 Å². The Bertz CT molecular complexity index is 1190. The highest BCUT2D eigenvalue weighted by atomic mass is 16.3. The van der Waals surface area contributed by atoms with Crippen LogP contribution in [0.1, 0.15) is 23.1 Å². The maximum absolute atomic E-state index is 13.2. The van der Waals surface area contributed by atoms with Gasteiger partial charge in [-0.15, -0.1) is 0 Å². The summed E-state index contributed by atoms with van der Waals surface area (Å²) in [4.78, 5) is 27.9. The van der Waals surface area contributed by atoms with Crippen molar-refractivity contribution in [3.8, 4) is 0 Å². The molecular weight excluding hydrogens is 476 g/mol. The standard InChI is InChI=1S/C31H38N4O3/c1-35(2)26-15-9-14-24(17-26)20-32-21-29(36)27(18-23-12-7-4-8-13-23)33-31(38)28-19-25(30(37)34-28)16-22-10-5-3-6-11-22/h3-15,17,25,27-29,32,36H,16,18-21H2,1-2H3,(H,33,38)(H,34,37)/t25?,27-,28-,29+/m0/s1. The largest absolute Gasteiger partial charge is 0.390 e. The molecule has 1 fully saturated rings. The molecule has 0 spiro atoms. The molecule has 200 valence electrons. The average Bonchev–Trinajstić information content (AvgIpc) is 3.29. The van der Waals surface area contributed by atoms with Crippen LogP contribution in [-0.4, -0.2) is 55.7 Å². The monoisotopic (exact) mass is 514 g/mol. The highest BCUT2D eigenvalue weighted by Gasteiger charge is 2.37. The molecular formula is C31H38N4O3. The van der Waals surface area contributed by atoms with Crippen LogP contribution in [0.5, 0.6) is 0 Å². The van der Waals surface area contributed by atoms with Gasteiger partial charge in [0, 0.05) is 38.8 Å². The quantitative estimate of drug-likeness (QED) is 0.298. The number of benzene rings is 3. The van der Waals surface area contributed by atoms with E-state index in [1.807, 2.05) is 86.9 Å². The number of hydrogen-bond acceptors (Lipinski definition) is 5. The molecule has 1 saturated heterocycles. The molecule has 2 amide bonds. The van der Waals surface area contributed by atoms with E-state index in [-0.39, 0.29) is 17.7 Å². The Morgan fingerprint density at radius 3 is 2.32 bits per heavy atom. The fourth-order valence-electron chi connectivity index (χ4n) is 4.87. The summed E-state index contributed by atoms with van der Waals surface area (Å²) in [5.74, 6) is -0.603. The number of carbonyl (C=O) groups excluding carboxylic acids is 2. The molecule has 3 aromatic rings. The summed E-state index contributed by atoms with van der Waals surface area (Å²) in [6, 6.07) is 26.8. The number of nitrogens with one attached hydrogen (secondary N) is 3. The molecule has 1 aliphatic heterocycles. The topological polar surface area (TPSA) is 93.7 Å². The highest BCUT2D eigenvalue weighted by molar-refractivity contribution is 5.92. The lowest BCUT2D eigenvalue weighted by Gasteiger charge is -2.26. The van der Waals surface area contributed by atoms with Gasteiger partial charge in [-0.25, -0.2) is 0 Å². The van der Waals surface area contributed by atoms with Gasteiger partial charge in [0.25, 0.3) is 0 Å². The minimum atomic E-state index is -0.812. The van der Waals surface area contributed by atoms with Gasteiger partial charge < -0.3 is 26.0 Å². The highest BCUT2D eigenvalue weighted by Crippen LogP contribution is 2.21. The first-order valence-corrected chi connectivity index (χ1v) is 13.2. The zero-order chi connectivity index (χ0) is 26.9. The average molecular weight is 515 g/mol. The number of anilines is 1. The third-order valence-electron chi connectivity index (χ3n) is 7.05. The SMILES string of the molecule is CN(C)c1cccc(CNC[C@@H](O)[C@H](Cc2ccccc2)NC(=O)[C@@H]2CC(Cc3ccccc3)C(=O)N2)c1. The van der Waals surface area contributed by atoms with Crippen molar-refractivity contribution in [2.24, 2.45) is 5.92 Å². The van der Waals surface area contributed by atoms with Crippen molar-refractivity contribution in [2.75, 3.05) is 25.5 Å². The Morgan fingerprint density at radius 2 is 1.63 bits per heavy atom.